The molecule has 2 aliphatic heterocycles. The van der Waals surface area contributed by atoms with E-state index in [0.29, 0.717) is 11.9 Å². The highest BCUT2D eigenvalue weighted by atomic mass is 19.2. The van der Waals surface area contributed by atoms with Crippen LogP contribution in [0.3, 0.4) is 0 Å². The number of ketones is 1. The zero-order valence-corrected chi connectivity index (χ0v) is 30.6. The fourth-order valence-corrected chi connectivity index (χ4v) is 6.50. The number of nitrogens with zero attached hydrogens (tertiary/aromatic N) is 1. The lowest BCUT2D eigenvalue weighted by molar-refractivity contribution is -0.302. The molecule has 2 heterocycles. The van der Waals surface area contributed by atoms with Crippen molar-refractivity contribution in [2.45, 2.75) is 103 Å². The molecule has 0 bridgehead atoms. The number of esters is 1. The minimum absolute atomic E-state index is 0.00114. The highest BCUT2D eigenvalue weighted by Gasteiger charge is 2.47. The first-order valence-corrected chi connectivity index (χ1v) is 17.4. The van der Waals surface area contributed by atoms with E-state index in [2.05, 4.69) is 5.32 Å². The Morgan fingerprint density at radius 3 is 2.38 bits per heavy atom. The highest BCUT2D eigenvalue weighted by molar-refractivity contribution is 5.92. The summed E-state index contributed by atoms with van der Waals surface area (Å²) in [4.78, 5) is 53.4. The summed E-state index contributed by atoms with van der Waals surface area (Å²) in [5.74, 6) is -6.67. The van der Waals surface area contributed by atoms with Gasteiger partial charge >= 0.3 is 12.1 Å². The van der Waals surface area contributed by atoms with E-state index in [0.717, 1.165) is 18.2 Å². The maximum Gasteiger partial charge on any atom is 0.411 e. The first-order valence-electron chi connectivity index (χ1n) is 17.4. The number of ether oxygens (including phenoxy) is 4. The third kappa shape index (κ3) is 11.4. The second kappa shape index (κ2) is 19.5. The molecule has 1 fully saturated rings. The highest BCUT2D eigenvalue weighted by Crippen LogP contribution is 2.32. The number of halogens is 2. The summed E-state index contributed by atoms with van der Waals surface area (Å²) in [6.07, 6.45) is -4.00. The smallest absolute Gasteiger partial charge is 0.411 e. The Hall–Kier alpha value is -3.60. The topological polar surface area (TPSA) is 181 Å². The van der Waals surface area contributed by atoms with Crippen molar-refractivity contribution < 1.29 is 62.2 Å². The molecular weight excluding hydrogens is 686 g/mol. The van der Waals surface area contributed by atoms with E-state index in [4.69, 9.17) is 18.9 Å². The van der Waals surface area contributed by atoms with Gasteiger partial charge in [0.1, 0.15) is 25.1 Å². The number of aliphatic hydroxyl groups is 3. The third-order valence-electron chi connectivity index (χ3n) is 9.63. The standard InChI is InChI=1S/C37H52F2N2O11/c1-8-30-24(18-49-37(48)40-25-10-11-26(38)27(39)15-25)13-19(2)9-12-28(43)20(3)14-23(17-42)35(21(4)29(44)16-31(45)51-30)52-36-34(47)32(41(6)7)33(46)22(5)50-36/h9-13,15,17,20-24,29-30,32-36,44,46-47H,8,14,16,18H2,1-7H3,(H,40,48)/b12-9-,19-13+/t20-,21+,22-,23?,24-,29-,30-,32+,33-,34-,35-,36+/m1/s1. The van der Waals surface area contributed by atoms with Crippen LogP contribution in [0.25, 0.3) is 0 Å². The second-order valence-corrected chi connectivity index (χ2v) is 13.9. The molecule has 1 aromatic carbocycles. The second-order valence-electron chi connectivity index (χ2n) is 13.9. The number of anilines is 1. The molecule has 0 saturated carbocycles. The van der Waals surface area contributed by atoms with E-state index in [1.807, 2.05) is 0 Å². The molecule has 0 aliphatic carbocycles. The van der Waals surface area contributed by atoms with Gasteiger partial charge in [-0.15, -0.1) is 0 Å². The Morgan fingerprint density at radius 2 is 1.77 bits per heavy atom. The fourth-order valence-electron chi connectivity index (χ4n) is 6.50. The Kier molecular flexibility index (Phi) is 16.0. The van der Waals surface area contributed by atoms with Crippen molar-refractivity contribution in [1.82, 2.24) is 4.90 Å². The van der Waals surface area contributed by atoms with E-state index in [-0.39, 0.29) is 30.9 Å². The van der Waals surface area contributed by atoms with E-state index in [1.165, 1.54) is 6.08 Å². The summed E-state index contributed by atoms with van der Waals surface area (Å²) >= 11 is 0. The molecule has 1 amide bonds. The number of carbonyl (C=O) groups is 4. The van der Waals surface area contributed by atoms with Crippen LogP contribution < -0.4 is 5.32 Å². The van der Waals surface area contributed by atoms with E-state index in [1.54, 1.807) is 65.8 Å². The SMILES string of the molecule is CC[C@H]1OC(=O)C[C@@H](O)[C@H](C)[C@@H](O[C@@H]2O[C@H](C)[C@@H](O)[C@H](N(C)C)[C@H]2O)C(C=O)C[C@@H](C)C(=O)/C=C\C(C)=C\[C@@H]1COC(=O)Nc1ccc(F)c(F)c1. The van der Waals surface area contributed by atoms with Crippen LogP contribution in [0.2, 0.25) is 0 Å². The number of benzene rings is 1. The van der Waals surface area contributed by atoms with Gasteiger partial charge in [-0.3, -0.25) is 14.9 Å². The number of amides is 1. The molecule has 1 unspecified atom stereocenters. The third-order valence-corrected chi connectivity index (χ3v) is 9.63. The van der Waals surface area contributed by atoms with Crippen LogP contribution in [0, 0.1) is 35.3 Å². The molecule has 0 radical (unpaired) electrons. The normalized spacial score (nSPS) is 35.6. The Balaban J connectivity index is 1.90. The minimum Gasteiger partial charge on any atom is -0.462 e. The Labute approximate surface area is 302 Å². The van der Waals surface area contributed by atoms with Gasteiger partial charge in [0.05, 0.1) is 36.9 Å². The average Bonchev–Trinajstić information content (AvgIpc) is 3.08. The number of hydrogen-bond acceptors (Lipinski definition) is 12. The van der Waals surface area contributed by atoms with Crippen LogP contribution in [0.4, 0.5) is 19.3 Å². The number of hydrogen-bond donors (Lipinski definition) is 4. The zero-order chi connectivity index (χ0) is 38.9. The van der Waals surface area contributed by atoms with Crippen LogP contribution in [0.1, 0.15) is 53.9 Å². The number of carbonyl (C=O) groups excluding carboxylic acids is 4. The molecule has 4 N–H and O–H groups in total. The molecule has 15 heteroatoms. The number of aliphatic hydroxyl groups excluding tert-OH is 3. The largest absolute Gasteiger partial charge is 0.462 e. The molecule has 12 atom stereocenters. The van der Waals surface area contributed by atoms with Crippen LogP contribution in [0.15, 0.2) is 42.0 Å². The van der Waals surface area contributed by atoms with Crippen LogP contribution >= 0.6 is 0 Å². The van der Waals surface area contributed by atoms with Gasteiger partial charge < -0.3 is 44.0 Å². The van der Waals surface area contributed by atoms with Crippen molar-refractivity contribution in [2.75, 3.05) is 26.0 Å². The van der Waals surface area contributed by atoms with Crippen LogP contribution in [-0.2, 0) is 33.3 Å². The van der Waals surface area contributed by atoms with E-state index >= 15 is 0 Å². The zero-order valence-electron chi connectivity index (χ0n) is 30.6. The summed E-state index contributed by atoms with van der Waals surface area (Å²) < 4.78 is 50.2. The first-order chi connectivity index (χ1) is 24.5. The summed E-state index contributed by atoms with van der Waals surface area (Å²) in [5.41, 5.74) is 0.521. The van der Waals surface area contributed by atoms with Gasteiger partial charge in [0.15, 0.2) is 23.7 Å². The maximum atomic E-state index is 13.6. The molecule has 52 heavy (non-hydrogen) atoms. The fraction of sp³-hybridized carbons (Fsp3) is 0.622. The van der Waals surface area contributed by atoms with Gasteiger partial charge in [0.25, 0.3) is 0 Å². The molecule has 3 rings (SSSR count). The molecule has 1 aromatic rings. The quantitative estimate of drug-likeness (QED) is 0.225. The van der Waals surface area contributed by atoms with Crippen molar-refractivity contribution in [3.63, 3.8) is 0 Å². The van der Waals surface area contributed by atoms with Gasteiger partial charge in [0.2, 0.25) is 0 Å². The van der Waals surface area contributed by atoms with Crippen molar-refractivity contribution in [2.24, 2.45) is 23.7 Å². The van der Waals surface area contributed by atoms with Gasteiger partial charge in [-0.25, -0.2) is 13.6 Å². The lowest BCUT2D eigenvalue weighted by atomic mass is 9.81. The molecule has 0 aromatic heterocycles. The van der Waals surface area contributed by atoms with Crippen molar-refractivity contribution >= 4 is 29.8 Å². The van der Waals surface area contributed by atoms with E-state index in [9.17, 15) is 43.3 Å². The Bertz CT molecular complexity index is 1460. The number of aldehydes is 1. The monoisotopic (exact) mass is 738 g/mol. The summed E-state index contributed by atoms with van der Waals surface area (Å²) in [6.45, 7) is 7.94. The summed E-state index contributed by atoms with van der Waals surface area (Å²) in [5, 5.41) is 35.5. The number of rotatable bonds is 8. The van der Waals surface area contributed by atoms with Crippen LogP contribution in [-0.4, -0.2) is 114 Å². The Morgan fingerprint density at radius 1 is 1.08 bits per heavy atom. The number of nitrogens with one attached hydrogen (secondary N) is 1. The van der Waals surface area contributed by atoms with Gasteiger partial charge in [0, 0.05) is 35.4 Å². The van der Waals surface area contributed by atoms with Crippen LogP contribution in [0.5, 0.6) is 0 Å². The predicted octanol–water partition coefficient (Wildman–Crippen LogP) is 3.55. The number of cyclic esters (lactones) is 1. The van der Waals surface area contributed by atoms with Gasteiger partial charge in [-0.05, 0) is 59.0 Å². The van der Waals surface area contributed by atoms with Gasteiger partial charge in [-0.1, -0.05) is 38.5 Å². The van der Waals surface area contributed by atoms with Crippen molar-refractivity contribution in [3.05, 3.63) is 53.6 Å². The summed E-state index contributed by atoms with van der Waals surface area (Å²) in [7, 11) is 3.35. The lowest BCUT2D eigenvalue weighted by Crippen LogP contribution is -2.63. The minimum atomic E-state index is -1.42. The average molecular weight is 739 g/mol. The van der Waals surface area contributed by atoms with Gasteiger partial charge in [-0.2, -0.15) is 0 Å². The van der Waals surface area contributed by atoms with E-state index < -0.39 is 103 Å². The van der Waals surface area contributed by atoms with Crippen molar-refractivity contribution in [3.8, 4) is 0 Å². The first kappa shape index (κ1) is 42.8. The molecule has 1 saturated heterocycles. The maximum absolute atomic E-state index is 13.6. The lowest BCUT2D eigenvalue weighted by Gasteiger charge is -2.46. The molecule has 0 spiro atoms. The van der Waals surface area contributed by atoms with Crippen molar-refractivity contribution in [1.29, 1.82) is 0 Å². The molecule has 13 nitrogen and oxygen atoms in total. The summed E-state index contributed by atoms with van der Waals surface area (Å²) in [6, 6.07) is 2.01. The molecule has 290 valence electrons. The number of likely N-dealkylation sites (N-methyl/N-ethyl adjacent to an activating group) is 1. The molecular formula is C37H52F2N2O11. The number of allylic oxidation sites excluding steroid dienone is 3. The predicted molar refractivity (Wildman–Crippen MR) is 185 cm³/mol. The molecule has 2 aliphatic rings.